The molecule has 0 fully saturated rings. The summed E-state index contributed by atoms with van der Waals surface area (Å²) in [5.74, 6) is 0. The first kappa shape index (κ1) is 72.3. The highest BCUT2D eigenvalue weighted by atomic mass is 16.3. The summed E-state index contributed by atoms with van der Waals surface area (Å²) in [6.45, 7) is 4.72. The van der Waals surface area contributed by atoms with Gasteiger partial charge in [-0.1, -0.05) is 323 Å². The molecular weight excluding hydrogens is 1530 g/mol. The van der Waals surface area contributed by atoms with Gasteiger partial charge in [-0.25, -0.2) is 0 Å². The van der Waals surface area contributed by atoms with Gasteiger partial charge in [0, 0.05) is 70.9 Å². The Morgan fingerprint density at radius 2 is 0.595 bits per heavy atom. The zero-order valence-corrected chi connectivity index (χ0v) is 69.1. The van der Waals surface area contributed by atoms with Crippen LogP contribution < -0.4 is 9.80 Å². The molecule has 0 atom stereocenters. The van der Waals surface area contributed by atoms with Gasteiger partial charge in [0.1, 0.15) is 33.5 Å². The number of fused-ring (bicyclic) bond motifs is 20. The Morgan fingerprint density at radius 3 is 1.19 bits per heavy atom. The van der Waals surface area contributed by atoms with Crippen molar-refractivity contribution in [3.63, 3.8) is 0 Å². The van der Waals surface area contributed by atoms with Gasteiger partial charge in [0.15, 0.2) is 0 Å². The van der Waals surface area contributed by atoms with E-state index >= 15 is 0 Å². The lowest BCUT2D eigenvalue weighted by molar-refractivity contribution is 0.660. The van der Waals surface area contributed by atoms with Gasteiger partial charge in [0.2, 0.25) is 0 Å². The van der Waals surface area contributed by atoms with Crippen LogP contribution in [-0.4, -0.2) is 9.13 Å². The molecule has 0 saturated carbocycles. The average molecular weight is 1610 g/mol. The van der Waals surface area contributed by atoms with Crippen LogP contribution in [0.5, 0.6) is 0 Å². The van der Waals surface area contributed by atoms with E-state index in [9.17, 15) is 0 Å². The van der Waals surface area contributed by atoms with Crippen molar-refractivity contribution in [2.24, 2.45) is 0 Å². The zero-order valence-electron chi connectivity index (χ0n) is 69.1. The van der Waals surface area contributed by atoms with Gasteiger partial charge in [-0.15, -0.1) is 0 Å². The Kier molecular flexibility index (Phi) is 16.6. The van der Waals surface area contributed by atoms with E-state index in [2.05, 4.69) is 451 Å². The maximum atomic E-state index is 6.47. The molecular formula is C119H78N4O3. The number of anilines is 6. The van der Waals surface area contributed by atoms with Crippen LogP contribution in [0, 0.1) is 0 Å². The highest BCUT2D eigenvalue weighted by molar-refractivity contribution is 6.19. The molecule has 25 aromatic rings. The molecule has 0 unspecified atom stereocenters. The molecule has 126 heavy (non-hydrogen) atoms. The maximum Gasteiger partial charge on any atom is 0.137 e. The van der Waals surface area contributed by atoms with Crippen molar-refractivity contribution in [2.45, 2.75) is 19.3 Å². The fourth-order valence-corrected chi connectivity index (χ4v) is 20.6. The van der Waals surface area contributed by atoms with E-state index in [0.29, 0.717) is 0 Å². The van der Waals surface area contributed by atoms with Crippen molar-refractivity contribution in [3.8, 4) is 67.0 Å². The fraction of sp³-hybridized carbons (Fsp3) is 0.0252. The lowest BCUT2D eigenvalue weighted by atomic mass is 9.82. The molecule has 0 radical (unpaired) electrons. The number of aromatic nitrogens is 2. The molecule has 0 bridgehead atoms. The third-order valence-electron chi connectivity index (χ3n) is 26.3. The van der Waals surface area contributed by atoms with Crippen LogP contribution in [0.15, 0.2) is 450 Å². The lowest BCUT2D eigenvalue weighted by Crippen LogP contribution is -2.16. The van der Waals surface area contributed by atoms with Crippen LogP contribution in [0.1, 0.15) is 25.0 Å². The molecule has 20 aromatic carbocycles. The highest BCUT2D eigenvalue weighted by Gasteiger charge is 2.38. The standard InChI is InChI=1S/C61H42N2O.C58H36N2O2/c1-61(2)50-24-9-5-22-48(50)59-51(61)25-14-28-54(59)62(44-34-32-39-16-3-4-17-41(39)37-44)52-26-10-6-20-45(52)43-19-13-18-40(36-43)42-33-35-47-46-21-7-11-27-53(46)63(56(47)38-42)55-29-15-31-58-60(55)49-23-8-12-30-57(49)64-58;1-2-19-41-37(15-1)16-12-26-48(41)59(50-27-13-31-55-57(50)45-22-5-9-29-53(45)61-55)47-24-7-3-20-42(47)40-18-11-17-38(35-40)39-33-34-44-43-21-4-8-25-49(43)60(52(44)36-39)51-28-14-32-56-58(51)46-23-6-10-30-54(46)62-56/h3-38H,1-2H3;1-36H. The minimum atomic E-state index is -0.128. The molecule has 5 aromatic heterocycles. The van der Waals surface area contributed by atoms with Crippen molar-refractivity contribution in [2.75, 3.05) is 9.80 Å². The summed E-state index contributed by atoms with van der Waals surface area (Å²) in [6.07, 6.45) is 0. The quantitative estimate of drug-likeness (QED) is 0.122. The number of hydrogen-bond donors (Lipinski definition) is 0. The van der Waals surface area contributed by atoms with Crippen LogP contribution in [-0.2, 0) is 5.41 Å². The predicted octanol–water partition coefficient (Wildman–Crippen LogP) is 33.5. The Bertz CT molecular complexity index is 8760. The van der Waals surface area contributed by atoms with Crippen molar-refractivity contribution in [1.29, 1.82) is 0 Å². The number of benzene rings is 20. The van der Waals surface area contributed by atoms with Crippen LogP contribution >= 0.6 is 0 Å². The smallest absolute Gasteiger partial charge is 0.137 e. The first-order chi connectivity index (χ1) is 62.3. The van der Waals surface area contributed by atoms with Gasteiger partial charge in [-0.2, -0.15) is 0 Å². The average Bonchev–Trinajstić information content (AvgIpc) is 1.53. The van der Waals surface area contributed by atoms with Crippen LogP contribution in [0.3, 0.4) is 0 Å². The van der Waals surface area contributed by atoms with E-state index in [1.807, 2.05) is 18.2 Å². The molecule has 7 nitrogen and oxygen atoms in total. The number of para-hydroxylation sites is 7. The first-order valence-corrected chi connectivity index (χ1v) is 43.3. The van der Waals surface area contributed by atoms with Crippen molar-refractivity contribution in [1.82, 2.24) is 9.13 Å². The minimum Gasteiger partial charge on any atom is -0.456 e. The molecule has 26 rings (SSSR count). The predicted molar refractivity (Wildman–Crippen MR) is 527 cm³/mol. The molecule has 0 aliphatic heterocycles. The largest absolute Gasteiger partial charge is 0.456 e. The second-order valence-corrected chi connectivity index (χ2v) is 33.7. The van der Waals surface area contributed by atoms with E-state index in [-0.39, 0.29) is 5.41 Å². The molecule has 7 heteroatoms. The molecule has 1 aliphatic carbocycles. The van der Waals surface area contributed by atoms with Gasteiger partial charge in [0.25, 0.3) is 0 Å². The molecule has 0 amide bonds. The third kappa shape index (κ3) is 11.4. The molecule has 592 valence electrons. The van der Waals surface area contributed by atoms with Gasteiger partial charge >= 0.3 is 0 Å². The Labute approximate surface area is 726 Å². The monoisotopic (exact) mass is 1610 g/mol. The maximum absolute atomic E-state index is 6.47. The van der Waals surface area contributed by atoms with Gasteiger partial charge in [-0.05, 0) is 194 Å². The third-order valence-corrected chi connectivity index (χ3v) is 26.3. The number of nitrogens with zero attached hydrogens (tertiary/aromatic N) is 4. The van der Waals surface area contributed by atoms with E-state index in [1.165, 1.54) is 76.5 Å². The summed E-state index contributed by atoms with van der Waals surface area (Å²) in [7, 11) is 0. The summed E-state index contributed by atoms with van der Waals surface area (Å²) < 4.78 is 24.1. The molecule has 5 heterocycles. The highest BCUT2D eigenvalue weighted by Crippen LogP contribution is 2.57. The van der Waals surface area contributed by atoms with Crippen molar-refractivity contribution in [3.05, 3.63) is 448 Å². The summed E-state index contributed by atoms with van der Waals surface area (Å²) in [4.78, 5) is 4.93. The van der Waals surface area contributed by atoms with E-state index in [0.717, 1.165) is 167 Å². The van der Waals surface area contributed by atoms with Gasteiger partial charge in [-0.3, -0.25) is 0 Å². The fourth-order valence-electron chi connectivity index (χ4n) is 20.6. The second kappa shape index (κ2) is 28.9. The van der Waals surface area contributed by atoms with E-state index in [1.54, 1.807) is 0 Å². The van der Waals surface area contributed by atoms with Crippen LogP contribution in [0.25, 0.3) is 198 Å². The normalized spacial score (nSPS) is 12.4. The minimum absolute atomic E-state index is 0.128. The molecule has 0 N–H and O–H groups in total. The number of furan rings is 3. The van der Waals surface area contributed by atoms with Gasteiger partial charge < -0.3 is 32.2 Å². The Morgan fingerprint density at radius 1 is 0.214 bits per heavy atom. The van der Waals surface area contributed by atoms with E-state index < -0.39 is 0 Å². The summed E-state index contributed by atoms with van der Waals surface area (Å²) in [5, 5.41) is 16.3. The SMILES string of the molecule is CC1(C)c2ccccc2-c2c(N(c3ccc4ccccc4c3)c3ccccc3-c3cccc(-c4ccc5c6ccccc6n(-c6cccc7oc8ccccc8c67)c5c4)c3)cccc21.c1cc(-c2ccc3c4ccccc4n(-c4cccc5oc6ccccc6c45)c3c2)cc(-c2ccccc2N(c2cccc3ccccc23)c2cccc3oc4ccccc4c23)c1. The topological polar surface area (TPSA) is 55.8 Å². The van der Waals surface area contributed by atoms with Crippen LogP contribution in [0.2, 0.25) is 0 Å². The summed E-state index contributed by atoms with van der Waals surface area (Å²) in [5.41, 5.74) is 33.2. The second-order valence-electron chi connectivity index (χ2n) is 33.7. The Balaban J connectivity index is 0.000000137. The summed E-state index contributed by atoms with van der Waals surface area (Å²) in [6, 6.07) is 158. The van der Waals surface area contributed by atoms with Gasteiger partial charge in [0.05, 0.1) is 78.0 Å². The lowest BCUT2D eigenvalue weighted by Gasteiger charge is -2.31. The van der Waals surface area contributed by atoms with Crippen molar-refractivity contribution < 1.29 is 13.3 Å². The van der Waals surface area contributed by atoms with E-state index in [4.69, 9.17) is 13.3 Å². The Hall–Kier alpha value is -16.5. The number of rotatable bonds is 12. The van der Waals surface area contributed by atoms with Crippen molar-refractivity contribution >= 4 is 165 Å². The van der Waals surface area contributed by atoms with Crippen LogP contribution in [0.4, 0.5) is 34.1 Å². The number of hydrogen-bond acceptors (Lipinski definition) is 5. The molecule has 0 spiro atoms. The summed E-state index contributed by atoms with van der Waals surface area (Å²) >= 11 is 0. The zero-order chi connectivity index (χ0) is 83.2. The molecule has 0 saturated heterocycles. The first-order valence-electron chi connectivity index (χ1n) is 43.3. The molecule has 1 aliphatic rings.